The van der Waals surface area contributed by atoms with Crippen molar-refractivity contribution in [2.24, 2.45) is 0 Å². The summed E-state index contributed by atoms with van der Waals surface area (Å²) in [6, 6.07) is 2.90. The van der Waals surface area contributed by atoms with E-state index >= 15 is 0 Å². The molecule has 0 spiro atoms. The fraction of sp³-hybridized carbons (Fsp3) is 0.143. The van der Waals surface area contributed by atoms with Crippen molar-refractivity contribution in [2.75, 3.05) is 0 Å². The molecular weight excluding hydrogens is 248 g/mol. The quantitative estimate of drug-likeness (QED) is 0.628. The summed E-state index contributed by atoms with van der Waals surface area (Å²) in [4.78, 5) is 0. The van der Waals surface area contributed by atoms with E-state index in [1.54, 1.807) is 6.07 Å². The van der Waals surface area contributed by atoms with E-state index in [0.717, 1.165) is 0 Å². The molecule has 0 aromatic heterocycles. The van der Waals surface area contributed by atoms with E-state index in [-0.39, 0.29) is 11.6 Å². The van der Waals surface area contributed by atoms with Crippen LogP contribution in [0.2, 0.25) is 5.02 Å². The Morgan fingerprint density at radius 1 is 1.58 bits per heavy atom. The Kier molecular flexibility index (Phi) is 3.46. The molecule has 0 fully saturated rings. The van der Waals surface area contributed by atoms with Crippen molar-refractivity contribution < 1.29 is 9.60 Å². The van der Waals surface area contributed by atoms with Crippen LogP contribution in [0.25, 0.3) is 0 Å². The number of hydrogen-bond acceptors (Lipinski definition) is 2. The first-order valence-electron chi connectivity index (χ1n) is 3.15. The summed E-state index contributed by atoms with van der Waals surface area (Å²) in [5, 5.41) is 8.41. The summed E-state index contributed by atoms with van der Waals surface area (Å²) in [6.07, 6.45) is 0. The van der Waals surface area contributed by atoms with Gasteiger partial charge < -0.3 is 5.21 Å². The van der Waals surface area contributed by atoms with Crippen molar-refractivity contribution in [1.29, 1.82) is 0 Å². The average Bonchev–Trinajstić information content (AvgIpc) is 2.00. The Bertz CT molecular complexity index is 295. The lowest BCUT2D eigenvalue weighted by molar-refractivity contribution is 0.161. The van der Waals surface area contributed by atoms with E-state index in [4.69, 9.17) is 16.8 Å². The summed E-state index contributed by atoms with van der Waals surface area (Å²) >= 11 is 8.71. The van der Waals surface area contributed by atoms with Gasteiger partial charge in [-0.1, -0.05) is 27.5 Å². The number of nitrogens with one attached hydrogen (secondary N) is 1. The normalized spacial score (nSPS) is 10.3. The maximum atomic E-state index is 12.9. The molecule has 12 heavy (non-hydrogen) atoms. The molecule has 1 rings (SSSR count). The maximum absolute atomic E-state index is 12.9. The smallest absolute Gasteiger partial charge is 0.143 e. The van der Waals surface area contributed by atoms with Crippen molar-refractivity contribution in [3.8, 4) is 0 Å². The zero-order valence-corrected chi connectivity index (χ0v) is 8.28. The predicted molar refractivity (Wildman–Crippen MR) is 47.7 cm³/mol. The molecule has 0 aliphatic rings. The van der Waals surface area contributed by atoms with Gasteiger partial charge in [0.25, 0.3) is 0 Å². The third kappa shape index (κ3) is 2.17. The summed E-state index contributed by atoms with van der Waals surface area (Å²) < 4.78 is 13.5. The van der Waals surface area contributed by atoms with E-state index in [0.29, 0.717) is 10.0 Å². The number of benzene rings is 1. The van der Waals surface area contributed by atoms with Crippen LogP contribution < -0.4 is 5.48 Å². The lowest BCUT2D eigenvalue weighted by Gasteiger charge is -2.04. The fourth-order valence-electron chi connectivity index (χ4n) is 0.823. The molecule has 5 heteroatoms. The van der Waals surface area contributed by atoms with Crippen LogP contribution in [0, 0.1) is 5.82 Å². The van der Waals surface area contributed by atoms with E-state index < -0.39 is 5.82 Å². The molecule has 0 amide bonds. The molecule has 1 aromatic rings. The standard InChI is InChI=1S/C7H6BrClFNO/c8-5-1-4(3-11-12)7(9)6(10)2-5/h1-2,11-12H,3H2. The first kappa shape index (κ1) is 9.92. The topological polar surface area (TPSA) is 32.3 Å². The van der Waals surface area contributed by atoms with Gasteiger partial charge in [0, 0.05) is 11.0 Å². The van der Waals surface area contributed by atoms with Gasteiger partial charge in [0.15, 0.2) is 0 Å². The van der Waals surface area contributed by atoms with E-state index in [2.05, 4.69) is 15.9 Å². The van der Waals surface area contributed by atoms with E-state index in [1.807, 2.05) is 5.48 Å². The largest absolute Gasteiger partial charge is 0.316 e. The van der Waals surface area contributed by atoms with Crippen LogP contribution in [-0.2, 0) is 6.54 Å². The minimum atomic E-state index is -0.503. The highest BCUT2D eigenvalue weighted by Gasteiger charge is 2.06. The van der Waals surface area contributed by atoms with Crippen LogP contribution in [0.3, 0.4) is 0 Å². The Labute approximate surface area is 82.4 Å². The molecule has 0 aliphatic carbocycles. The highest BCUT2D eigenvalue weighted by atomic mass is 79.9. The molecule has 0 saturated carbocycles. The molecule has 0 heterocycles. The Balaban J connectivity index is 3.09. The first-order valence-corrected chi connectivity index (χ1v) is 4.32. The number of hydrogen-bond donors (Lipinski definition) is 2. The summed E-state index contributed by atoms with van der Waals surface area (Å²) in [5.41, 5.74) is 2.41. The van der Waals surface area contributed by atoms with Gasteiger partial charge in [-0.3, -0.25) is 0 Å². The van der Waals surface area contributed by atoms with Gasteiger partial charge in [-0.05, 0) is 17.7 Å². The predicted octanol–water partition coefficient (Wildman–Crippen LogP) is 2.72. The lowest BCUT2D eigenvalue weighted by Crippen LogP contribution is -2.07. The second kappa shape index (κ2) is 4.18. The van der Waals surface area contributed by atoms with Crippen LogP contribution in [0.1, 0.15) is 5.56 Å². The monoisotopic (exact) mass is 253 g/mol. The van der Waals surface area contributed by atoms with Crippen LogP contribution in [0.4, 0.5) is 4.39 Å². The molecule has 2 nitrogen and oxygen atoms in total. The fourth-order valence-corrected chi connectivity index (χ4v) is 1.48. The minimum absolute atomic E-state index is 0.0275. The maximum Gasteiger partial charge on any atom is 0.143 e. The molecule has 0 atom stereocenters. The van der Waals surface area contributed by atoms with Crippen LogP contribution in [0.5, 0.6) is 0 Å². The van der Waals surface area contributed by atoms with Gasteiger partial charge in [-0.25, -0.2) is 9.87 Å². The molecule has 1 aromatic carbocycles. The van der Waals surface area contributed by atoms with Gasteiger partial charge in [0.05, 0.1) is 5.02 Å². The number of halogens is 3. The van der Waals surface area contributed by atoms with Crippen molar-refractivity contribution in [2.45, 2.75) is 6.54 Å². The SMILES string of the molecule is ONCc1cc(Br)cc(F)c1Cl. The van der Waals surface area contributed by atoms with Gasteiger partial charge >= 0.3 is 0 Å². The summed E-state index contributed by atoms with van der Waals surface area (Å²) in [7, 11) is 0. The Hall–Kier alpha value is -0.160. The van der Waals surface area contributed by atoms with E-state index in [9.17, 15) is 4.39 Å². The van der Waals surface area contributed by atoms with Crippen LogP contribution in [-0.4, -0.2) is 5.21 Å². The second-order valence-corrected chi connectivity index (χ2v) is 3.49. The summed E-state index contributed by atoms with van der Waals surface area (Å²) in [5.74, 6) is -0.503. The zero-order valence-electron chi connectivity index (χ0n) is 5.94. The Morgan fingerprint density at radius 2 is 2.25 bits per heavy atom. The van der Waals surface area contributed by atoms with Crippen molar-refractivity contribution in [3.63, 3.8) is 0 Å². The number of hydroxylamine groups is 1. The molecule has 0 saturated heterocycles. The van der Waals surface area contributed by atoms with Crippen molar-refractivity contribution >= 4 is 27.5 Å². The van der Waals surface area contributed by atoms with Crippen LogP contribution in [0.15, 0.2) is 16.6 Å². The average molecular weight is 254 g/mol. The highest BCUT2D eigenvalue weighted by molar-refractivity contribution is 9.10. The van der Waals surface area contributed by atoms with Gasteiger partial charge in [0.2, 0.25) is 0 Å². The van der Waals surface area contributed by atoms with Crippen LogP contribution >= 0.6 is 27.5 Å². The Morgan fingerprint density at radius 3 is 2.83 bits per heavy atom. The molecule has 0 unspecified atom stereocenters. The highest BCUT2D eigenvalue weighted by Crippen LogP contribution is 2.24. The lowest BCUT2D eigenvalue weighted by atomic mass is 10.2. The number of rotatable bonds is 2. The van der Waals surface area contributed by atoms with E-state index in [1.165, 1.54) is 6.07 Å². The van der Waals surface area contributed by atoms with Crippen molar-refractivity contribution in [3.05, 3.63) is 33.0 Å². The molecular formula is C7H6BrClFNO. The van der Waals surface area contributed by atoms with Gasteiger partial charge in [-0.2, -0.15) is 0 Å². The molecule has 66 valence electrons. The summed E-state index contributed by atoms with van der Waals surface area (Å²) in [6.45, 7) is 0.120. The molecule has 0 radical (unpaired) electrons. The molecule has 2 N–H and O–H groups in total. The van der Waals surface area contributed by atoms with Crippen molar-refractivity contribution in [1.82, 2.24) is 5.48 Å². The first-order chi connectivity index (χ1) is 5.65. The molecule has 0 bridgehead atoms. The zero-order chi connectivity index (χ0) is 9.14. The van der Waals surface area contributed by atoms with Gasteiger partial charge in [0.1, 0.15) is 5.82 Å². The van der Waals surface area contributed by atoms with Gasteiger partial charge in [-0.15, -0.1) is 0 Å². The minimum Gasteiger partial charge on any atom is -0.316 e. The second-order valence-electron chi connectivity index (χ2n) is 2.20. The third-order valence-electron chi connectivity index (χ3n) is 1.34. The molecule has 0 aliphatic heterocycles. The third-order valence-corrected chi connectivity index (χ3v) is 2.22.